The molecule has 6 rings (SSSR count). The Labute approximate surface area is 209 Å². The summed E-state index contributed by atoms with van der Waals surface area (Å²) in [7, 11) is 0. The molecule has 0 amide bonds. The number of nitrogens with zero attached hydrogens (tertiary/aromatic N) is 5. The molecule has 3 aromatic rings. The molecule has 2 saturated heterocycles. The summed E-state index contributed by atoms with van der Waals surface area (Å²) < 4.78 is 0. The smallest absolute Gasteiger partial charge is 0.233 e. The van der Waals surface area contributed by atoms with Gasteiger partial charge in [0.15, 0.2) is 5.78 Å². The zero-order chi connectivity index (χ0) is 24.8. The van der Waals surface area contributed by atoms with Crippen molar-refractivity contribution in [1.82, 2.24) is 15.0 Å². The van der Waals surface area contributed by atoms with Crippen molar-refractivity contribution < 1.29 is 4.79 Å². The lowest BCUT2D eigenvalue weighted by molar-refractivity contribution is 0.104. The van der Waals surface area contributed by atoms with E-state index in [9.17, 15) is 4.79 Å². The Hall–Kier alpha value is -3.60. The molecule has 0 unspecified atom stereocenters. The van der Waals surface area contributed by atoms with E-state index in [4.69, 9.17) is 32.2 Å². The van der Waals surface area contributed by atoms with Crippen LogP contribution in [0, 0.1) is 0 Å². The Bertz CT molecular complexity index is 1300. The number of hydrogen-bond acceptors (Lipinski definition) is 10. The molecular formula is C26H31N9O. The Balaban J connectivity index is 1.37. The molecular weight excluding hydrogens is 454 g/mol. The van der Waals surface area contributed by atoms with Crippen molar-refractivity contribution in [3.8, 4) is 11.1 Å². The van der Waals surface area contributed by atoms with Crippen LogP contribution in [-0.4, -0.2) is 65.0 Å². The summed E-state index contributed by atoms with van der Waals surface area (Å²) in [6, 6.07) is 13.5. The van der Waals surface area contributed by atoms with E-state index in [2.05, 4.69) is 10.2 Å². The van der Waals surface area contributed by atoms with E-state index in [1.165, 1.54) is 0 Å². The van der Waals surface area contributed by atoms with Crippen LogP contribution in [0.2, 0.25) is 0 Å². The Morgan fingerprint density at radius 2 is 1.64 bits per heavy atom. The highest BCUT2D eigenvalue weighted by Crippen LogP contribution is 2.38. The van der Waals surface area contributed by atoms with Gasteiger partial charge in [-0.05, 0) is 48.6 Å². The fourth-order valence-corrected chi connectivity index (χ4v) is 5.60. The minimum absolute atomic E-state index is 0.0386. The zero-order valence-electron chi connectivity index (χ0n) is 20.1. The molecule has 1 aromatic heterocycles. The number of ketones is 1. The van der Waals surface area contributed by atoms with Crippen molar-refractivity contribution in [3.63, 3.8) is 0 Å². The van der Waals surface area contributed by atoms with Crippen molar-refractivity contribution >= 4 is 29.3 Å². The third kappa shape index (κ3) is 4.06. The van der Waals surface area contributed by atoms with Crippen LogP contribution in [0.4, 0.5) is 23.5 Å². The Morgan fingerprint density at radius 1 is 0.917 bits per heavy atom. The number of carbonyl (C=O) groups excluding carboxylic acids is 1. The summed E-state index contributed by atoms with van der Waals surface area (Å²) >= 11 is 0. The second-order valence-electron chi connectivity index (χ2n) is 9.91. The molecule has 186 valence electrons. The first-order chi connectivity index (χ1) is 17.5. The maximum absolute atomic E-state index is 12.8. The molecule has 2 aliphatic heterocycles. The lowest BCUT2D eigenvalue weighted by atomic mass is 10.0. The van der Waals surface area contributed by atoms with Gasteiger partial charge in [0, 0.05) is 61.1 Å². The highest BCUT2D eigenvalue weighted by atomic mass is 16.1. The molecule has 0 bridgehead atoms. The number of nitrogens with one attached hydrogen (secondary N) is 1. The van der Waals surface area contributed by atoms with Gasteiger partial charge in [-0.3, -0.25) is 4.79 Å². The van der Waals surface area contributed by atoms with E-state index in [0.29, 0.717) is 43.0 Å². The molecule has 3 atom stereocenters. The minimum atomic E-state index is -0.0386. The van der Waals surface area contributed by atoms with E-state index in [-0.39, 0.29) is 23.9 Å². The molecule has 0 spiro atoms. The molecule has 10 nitrogen and oxygen atoms in total. The molecule has 10 heteroatoms. The average Bonchev–Trinajstić information content (AvgIpc) is 3.46. The predicted molar refractivity (Wildman–Crippen MR) is 141 cm³/mol. The van der Waals surface area contributed by atoms with Gasteiger partial charge in [-0.2, -0.15) is 15.0 Å². The second-order valence-corrected chi connectivity index (χ2v) is 9.91. The van der Waals surface area contributed by atoms with Gasteiger partial charge in [-0.25, -0.2) is 0 Å². The third-order valence-corrected chi connectivity index (χ3v) is 7.30. The first-order valence-corrected chi connectivity index (χ1v) is 12.5. The number of carbonyl (C=O) groups is 1. The number of rotatable bonds is 5. The van der Waals surface area contributed by atoms with Crippen LogP contribution in [0.5, 0.6) is 0 Å². The molecule has 0 radical (unpaired) electrons. The van der Waals surface area contributed by atoms with Gasteiger partial charge in [0.05, 0.1) is 0 Å². The van der Waals surface area contributed by atoms with Crippen molar-refractivity contribution in [2.24, 2.45) is 17.2 Å². The van der Waals surface area contributed by atoms with Gasteiger partial charge in [0.1, 0.15) is 0 Å². The third-order valence-electron chi connectivity index (χ3n) is 7.30. The quantitative estimate of drug-likeness (QED) is 0.328. The minimum Gasteiger partial charge on any atom is -0.338 e. The lowest BCUT2D eigenvalue weighted by Crippen LogP contribution is -2.53. The van der Waals surface area contributed by atoms with Crippen LogP contribution >= 0.6 is 0 Å². The van der Waals surface area contributed by atoms with E-state index in [1.807, 2.05) is 47.4 Å². The summed E-state index contributed by atoms with van der Waals surface area (Å²) in [6.07, 6.45) is 2.83. The van der Waals surface area contributed by atoms with E-state index >= 15 is 0 Å². The molecule has 1 aliphatic carbocycles. The van der Waals surface area contributed by atoms with Gasteiger partial charge in [0.2, 0.25) is 17.8 Å². The highest BCUT2D eigenvalue weighted by Gasteiger charge is 2.30. The van der Waals surface area contributed by atoms with Gasteiger partial charge in [-0.15, -0.1) is 0 Å². The molecule has 2 aromatic carbocycles. The van der Waals surface area contributed by atoms with E-state index < -0.39 is 0 Å². The summed E-state index contributed by atoms with van der Waals surface area (Å²) in [6.45, 7) is 2.66. The molecule has 2 fully saturated rings. The summed E-state index contributed by atoms with van der Waals surface area (Å²) in [5.74, 6) is 1.64. The van der Waals surface area contributed by atoms with Crippen LogP contribution in [0.25, 0.3) is 11.1 Å². The molecule has 0 saturated carbocycles. The number of hydrogen-bond donors (Lipinski definition) is 4. The maximum Gasteiger partial charge on any atom is 0.233 e. The van der Waals surface area contributed by atoms with Crippen LogP contribution in [0.15, 0.2) is 42.5 Å². The van der Waals surface area contributed by atoms with Crippen LogP contribution < -0.4 is 32.3 Å². The van der Waals surface area contributed by atoms with Crippen molar-refractivity contribution in [2.45, 2.75) is 37.4 Å². The topological polar surface area (TPSA) is 152 Å². The lowest BCUT2D eigenvalue weighted by Gasteiger charge is -2.35. The van der Waals surface area contributed by atoms with Crippen molar-refractivity contribution in [2.75, 3.05) is 41.3 Å². The number of aromatic nitrogens is 3. The number of piperidine rings is 1. The van der Waals surface area contributed by atoms with Crippen molar-refractivity contribution in [3.05, 3.63) is 53.6 Å². The molecule has 3 heterocycles. The Morgan fingerprint density at radius 3 is 2.42 bits per heavy atom. The SMILES string of the molecule is NC[C@H]1CCCN1c1nc(Nc2ccc3c(c2)-c2ccccc2C3=O)nc(N2C[C@H](N)C[C@H](N)C2)n1. The molecule has 36 heavy (non-hydrogen) atoms. The standard InChI is InChI=1S/C26H31N9O/c27-12-18-4-3-9-35(18)26-32-24(31-25(33-26)34-13-15(28)10-16(29)14-34)30-17-7-8-21-22(11-17)19-5-1-2-6-20(19)23(21)36/h1-2,5-8,11,15-16,18H,3-4,9-10,12-14,27-29H2,(H,30,31,32,33)/t15-,16+,18-/m1/s1. The first kappa shape index (κ1) is 22.8. The number of nitrogens with two attached hydrogens (primary N) is 3. The maximum atomic E-state index is 12.8. The first-order valence-electron chi connectivity index (χ1n) is 12.5. The van der Waals surface area contributed by atoms with Crippen LogP contribution in [0.3, 0.4) is 0 Å². The van der Waals surface area contributed by atoms with Crippen LogP contribution in [-0.2, 0) is 0 Å². The highest BCUT2D eigenvalue weighted by molar-refractivity contribution is 6.22. The number of benzene rings is 2. The number of fused-ring (bicyclic) bond motifs is 3. The van der Waals surface area contributed by atoms with Gasteiger partial charge in [0.25, 0.3) is 0 Å². The van der Waals surface area contributed by atoms with E-state index in [1.54, 1.807) is 0 Å². The molecule has 7 N–H and O–H groups in total. The summed E-state index contributed by atoms with van der Waals surface area (Å²) in [5.41, 5.74) is 22.6. The normalized spacial score (nSPS) is 23.1. The predicted octanol–water partition coefficient (Wildman–Crippen LogP) is 1.62. The van der Waals surface area contributed by atoms with E-state index in [0.717, 1.165) is 48.2 Å². The monoisotopic (exact) mass is 485 g/mol. The Kier molecular flexibility index (Phi) is 5.79. The fourth-order valence-electron chi connectivity index (χ4n) is 5.60. The number of anilines is 4. The van der Waals surface area contributed by atoms with Gasteiger partial charge in [-0.1, -0.05) is 24.3 Å². The second kappa shape index (κ2) is 9.12. The van der Waals surface area contributed by atoms with Crippen molar-refractivity contribution in [1.29, 1.82) is 0 Å². The zero-order valence-corrected chi connectivity index (χ0v) is 20.1. The van der Waals surface area contributed by atoms with Crippen LogP contribution in [0.1, 0.15) is 35.2 Å². The van der Waals surface area contributed by atoms with Gasteiger partial charge < -0.3 is 32.3 Å². The summed E-state index contributed by atoms with van der Waals surface area (Å²) in [5, 5.41) is 3.36. The average molecular weight is 486 g/mol. The van der Waals surface area contributed by atoms with Gasteiger partial charge >= 0.3 is 0 Å². The summed E-state index contributed by atoms with van der Waals surface area (Å²) in [4.78, 5) is 31.3. The fraction of sp³-hybridized carbons (Fsp3) is 0.385. The molecule has 3 aliphatic rings. The largest absolute Gasteiger partial charge is 0.338 e.